The summed E-state index contributed by atoms with van der Waals surface area (Å²) in [4.78, 5) is 14.8. The third-order valence-electron chi connectivity index (χ3n) is 5.33. The lowest BCUT2D eigenvalue weighted by atomic mass is 10.1. The van der Waals surface area contributed by atoms with E-state index in [0.29, 0.717) is 18.7 Å². The summed E-state index contributed by atoms with van der Waals surface area (Å²) >= 11 is 0. The van der Waals surface area contributed by atoms with Crippen molar-refractivity contribution in [3.05, 3.63) is 65.0 Å². The molecule has 0 aliphatic carbocycles. The van der Waals surface area contributed by atoms with Crippen LogP contribution in [0, 0.1) is 6.92 Å². The van der Waals surface area contributed by atoms with Crippen molar-refractivity contribution in [3.63, 3.8) is 0 Å². The van der Waals surface area contributed by atoms with E-state index in [0.717, 1.165) is 30.2 Å². The average molecular weight is 364 g/mol. The third-order valence-corrected chi connectivity index (χ3v) is 5.33. The van der Waals surface area contributed by atoms with Gasteiger partial charge in [-0.25, -0.2) is 0 Å². The van der Waals surface area contributed by atoms with Crippen molar-refractivity contribution in [2.75, 3.05) is 6.54 Å². The number of nitrogens with zero attached hydrogens (tertiary/aromatic N) is 6. The molecule has 0 N–H and O–H groups in total. The minimum Gasteiger partial charge on any atom is -0.329 e. The van der Waals surface area contributed by atoms with E-state index in [1.54, 1.807) is 10.9 Å². The number of aromatic nitrogens is 5. The number of benzene rings is 1. The van der Waals surface area contributed by atoms with Crippen LogP contribution in [0.2, 0.25) is 0 Å². The van der Waals surface area contributed by atoms with E-state index < -0.39 is 0 Å². The lowest BCUT2D eigenvalue weighted by molar-refractivity contribution is 0.0678. The first-order valence-electron chi connectivity index (χ1n) is 9.29. The second-order valence-corrected chi connectivity index (χ2v) is 7.19. The molecule has 0 saturated carbocycles. The van der Waals surface area contributed by atoms with E-state index in [-0.39, 0.29) is 11.9 Å². The summed E-state index contributed by atoms with van der Waals surface area (Å²) in [5.74, 6) is 1.85. The highest BCUT2D eigenvalue weighted by Gasteiger charge is 2.30. The van der Waals surface area contributed by atoms with Crippen LogP contribution in [0.15, 0.2) is 36.5 Å². The van der Waals surface area contributed by atoms with Crippen molar-refractivity contribution in [1.29, 1.82) is 0 Å². The molecule has 140 valence electrons. The molecule has 1 aromatic carbocycles. The van der Waals surface area contributed by atoms with Gasteiger partial charge in [0, 0.05) is 25.7 Å². The number of carbonyl (C=O) groups excluding carboxylic acids is 1. The van der Waals surface area contributed by atoms with Crippen molar-refractivity contribution in [1.82, 2.24) is 29.4 Å². The molecule has 3 aromatic rings. The zero-order valence-electron chi connectivity index (χ0n) is 16.0. The van der Waals surface area contributed by atoms with Crippen LogP contribution in [0.3, 0.4) is 0 Å². The highest BCUT2D eigenvalue weighted by molar-refractivity contribution is 5.95. The molecule has 1 amide bonds. The van der Waals surface area contributed by atoms with E-state index in [2.05, 4.69) is 51.1 Å². The first kappa shape index (κ1) is 17.5. The topological polar surface area (TPSA) is 68.8 Å². The molecule has 1 atom stereocenters. The smallest absolute Gasteiger partial charge is 0.257 e. The van der Waals surface area contributed by atoms with Gasteiger partial charge < -0.3 is 9.47 Å². The second kappa shape index (κ2) is 6.98. The standard InChI is InChI=1S/C20H24N6O/c1-14-12-25(20(27)17-11-21-24(3)15(17)2)13-19-23-22-18(26(14)19)10-9-16-7-5-4-6-8-16/h4-8,11,14H,9-10,12-13H2,1-3H3/t14-/m0/s1. The number of hydrogen-bond acceptors (Lipinski definition) is 4. The van der Waals surface area contributed by atoms with Gasteiger partial charge in [-0.3, -0.25) is 9.48 Å². The number of aryl methyl sites for hydroxylation is 3. The maximum absolute atomic E-state index is 12.9. The van der Waals surface area contributed by atoms with E-state index in [1.165, 1.54) is 5.56 Å². The number of rotatable bonds is 4. The maximum Gasteiger partial charge on any atom is 0.257 e. The van der Waals surface area contributed by atoms with Gasteiger partial charge in [-0.05, 0) is 25.8 Å². The predicted molar refractivity (Wildman–Crippen MR) is 101 cm³/mol. The Morgan fingerprint density at radius 1 is 1.19 bits per heavy atom. The van der Waals surface area contributed by atoms with Gasteiger partial charge in [0.25, 0.3) is 5.91 Å². The van der Waals surface area contributed by atoms with E-state index in [4.69, 9.17) is 0 Å². The summed E-state index contributed by atoms with van der Waals surface area (Å²) < 4.78 is 3.92. The van der Waals surface area contributed by atoms with Crippen LogP contribution in [0.1, 0.15) is 46.2 Å². The van der Waals surface area contributed by atoms with Crippen molar-refractivity contribution in [3.8, 4) is 0 Å². The molecule has 7 nitrogen and oxygen atoms in total. The summed E-state index contributed by atoms with van der Waals surface area (Å²) in [6.45, 7) is 5.17. The first-order chi connectivity index (χ1) is 13.0. The molecule has 1 aliphatic rings. The molecule has 27 heavy (non-hydrogen) atoms. The monoisotopic (exact) mass is 364 g/mol. The molecule has 0 spiro atoms. The Hall–Kier alpha value is -2.96. The summed E-state index contributed by atoms with van der Waals surface area (Å²) in [5, 5.41) is 13.0. The summed E-state index contributed by atoms with van der Waals surface area (Å²) in [6.07, 6.45) is 3.42. The molecule has 7 heteroatoms. The van der Waals surface area contributed by atoms with Crippen LogP contribution in [0.25, 0.3) is 0 Å². The molecule has 0 radical (unpaired) electrons. The molecular formula is C20H24N6O. The van der Waals surface area contributed by atoms with Crippen LogP contribution >= 0.6 is 0 Å². The van der Waals surface area contributed by atoms with Gasteiger partial charge in [0.15, 0.2) is 5.82 Å². The van der Waals surface area contributed by atoms with E-state index in [9.17, 15) is 4.79 Å². The summed E-state index contributed by atoms with van der Waals surface area (Å²) in [7, 11) is 1.85. The predicted octanol–water partition coefficient (Wildman–Crippen LogP) is 2.32. The lowest BCUT2D eigenvalue weighted by Crippen LogP contribution is -2.41. The minimum atomic E-state index is 0.00698. The fourth-order valence-corrected chi connectivity index (χ4v) is 3.72. The first-order valence-corrected chi connectivity index (χ1v) is 9.29. The lowest BCUT2D eigenvalue weighted by Gasteiger charge is -2.32. The van der Waals surface area contributed by atoms with Crippen LogP contribution in [0.5, 0.6) is 0 Å². The number of amides is 1. The Bertz CT molecular complexity index is 958. The van der Waals surface area contributed by atoms with Gasteiger partial charge in [-0.1, -0.05) is 30.3 Å². The quantitative estimate of drug-likeness (QED) is 0.712. The number of fused-ring (bicyclic) bond motifs is 1. The van der Waals surface area contributed by atoms with E-state index >= 15 is 0 Å². The SMILES string of the molecule is Cc1c(C(=O)N2Cc3nnc(CCc4ccccc4)n3[C@@H](C)C2)cnn1C. The Kier molecular flexibility index (Phi) is 4.51. The van der Waals surface area contributed by atoms with Crippen LogP contribution < -0.4 is 0 Å². The molecular weight excluding hydrogens is 340 g/mol. The zero-order chi connectivity index (χ0) is 19.0. The molecule has 4 rings (SSSR count). The van der Waals surface area contributed by atoms with Crippen LogP contribution in [-0.4, -0.2) is 41.9 Å². The van der Waals surface area contributed by atoms with Gasteiger partial charge in [-0.2, -0.15) is 5.10 Å². The Labute approximate surface area is 158 Å². The maximum atomic E-state index is 12.9. The van der Waals surface area contributed by atoms with Gasteiger partial charge >= 0.3 is 0 Å². The van der Waals surface area contributed by atoms with Crippen molar-refractivity contribution < 1.29 is 4.79 Å². The number of hydrogen-bond donors (Lipinski definition) is 0. The molecule has 0 saturated heterocycles. The molecule has 0 fully saturated rings. The highest BCUT2D eigenvalue weighted by Crippen LogP contribution is 2.24. The van der Waals surface area contributed by atoms with Crippen molar-refractivity contribution in [2.24, 2.45) is 7.05 Å². The van der Waals surface area contributed by atoms with Gasteiger partial charge in [0.1, 0.15) is 5.82 Å². The normalized spacial score (nSPS) is 16.4. The molecule has 3 heterocycles. The van der Waals surface area contributed by atoms with Gasteiger partial charge in [0.2, 0.25) is 0 Å². The molecule has 0 bridgehead atoms. The fraction of sp³-hybridized carbons (Fsp3) is 0.400. The van der Waals surface area contributed by atoms with Crippen LogP contribution in [0.4, 0.5) is 0 Å². The van der Waals surface area contributed by atoms with Crippen molar-refractivity contribution in [2.45, 2.75) is 39.3 Å². The Morgan fingerprint density at radius 3 is 2.67 bits per heavy atom. The van der Waals surface area contributed by atoms with Crippen LogP contribution in [-0.2, 0) is 26.4 Å². The van der Waals surface area contributed by atoms with E-state index in [1.807, 2.05) is 24.9 Å². The molecule has 2 aromatic heterocycles. The third kappa shape index (κ3) is 3.25. The average Bonchev–Trinajstić information content (AvgIpc) is 3.24. The molecule has 0 unspecified atom stereocenters. The molecule has 1 aliphatic heterocycles. The fourth-order valence-electron chi connectivity index (χ4n) is 3.72. The Morgan fingerprint density at radius 2 is 1.96 bits per heavy atom. The number of carbonyl (C=O) groups is 1. The summed E-state index contributed by atoms with van der Waals surface area (Å²) in [5.41, 5.74) is 2.83. The van der Waals surface area contributed by atoms with Crippen molar-refractivity contribution >= 4 is 5.91 Å². The van der Waals surface area contributed by atoms with Gasteiger partial charge in [-0.15, -0.1) is 10.2 Å². The largest absolute Gasteiger partial charge is 0.329 e. The second-order valence-electron chi connectivity index (χ2n) is 7.19. The van der Waals surface area contributed by atoms with Gasteiger partial charge in [0.05, 0.1) is 24.3 Å². The Balaban J connectivity index is 1.51. The summed E-state index contributed by atoms with van der Waals surface area (Å²) in [6, 6.07) is 10.6. The minimum absolute atomic E-state index is 0.00698. The highest BCUT2D eigenvalue weighted by atomic mass is 16.2. The zero-order valence-corrected chi connectivity index (χ0v) is 16.0.